The number of fused-ring (bicyclic) bond motifs is 1. The lowest BCUT2D eigenvalue weighted by Gasteiger charge is -2.21. The van der Waals surface area contributed by atoms with E-state index in [1.807, 2.05) is 12.5 Å². The van der Waals surface area contributed by atoms with Crippen molar-refractivity contribution >= 4 is 0 Å². The van der Waals surface area contributed by atoms with Crippen molar-refractivity contribution in [3.63, 3.8) is 0 Å². The number of rotatable bonds is 2. The van der Waals surface area contributed by atoms with E-state index < -0.39 is 0 Å². The van der Waals surface area contributed by atoms with Crippen molar-refractivity contribution in [2.45, 2.75) is 26.3 Å². The normalized spacial score (nSPS) is 14.6. The van der Waals surface area contributed by atoms with Gasteiger partial charge in [0.15, 0.2) is 0 Å². The fourth-order valence-electron chi connectivity index (χ4n) is 2.54. The van der Waals surface area contributed by atoms with E-state index in [4.69, 9.17) is 0 Å². The Labute approximate surface area is 101 Å². The van der Waals surface area contributed by atoms with Crippen LogP contribution in [0.4, 0.5) is 0 Å². The number of nitrogens with zero attached hydrogens (tertiary/aromatic N) is 2. The van der Waals surface area contributed by atoms with E-state index in [-0.39, 0.29) is 0 Å². The molecule has 2 heterocycles. The van der Waals surface area contributed by atoms with Crippen LogP contribution >= 0.6 is 0 Å². The van der Waals surface area contributed by atoms with E-state index in [1.165, 1.54) is 22.5 Å². The molecule has 0 unspecified atom stereocenters. The summed E-state index contributed by atoms with van der Waals surface area (Å²) in [6.45, 7) is 4.23. The molecule has 0 saturated carbocycles. The number of aromatic nitrogens is 2. The van der Waals surface area contributed by atoms with E-state index in [9.17, 15) is 0 Å². The molecule has 1 aromatic heterocycles. The lowest BCUT2D eigenvalue weighted by Crippen LogP contribution is -2.24. The predicted molar refractivity (Wildman–Crippen MR) is 68.4 cm³/mol. The first-order valence-electron chi connectivity index (χ1n) is 6.23. The predicted octanol–water partition coefficient (Wildman–Crippen LogP) is 2.08. The summed E-state index contributed by atoms with van der Waals surface area (Å²) in [5.74, 6) is 0. The van der Waals surface area contributed by atoms with E-state index >= 15 is 0 Å². The Hall–Kier alpha value is -1.61. The van der Waals surface area contributed by atoms with Gasteiger partial charge in [-0.05, 0) is 36.6 Å². The lowest BCUT2D eigenvalue weighted by atomic mass is 9.99. The maximum Gasteiger partial charge on any atom is 0.0994 e. The zero-order chi connectivity index (χ0) is 11.7. The second-order valence-corrected chi connectivity index (χ2v) is 4.45. The Kier molecular flexibility index (Phi) is 2.69. The van der Waals surface area contributed by atoms with Gasteiger partial charge in [-0.2, -0.15) is 0 Å². The molecule has 88 valence electrons. The topological polar surface area (TPSA) is 29.9 Å². The molecule has 1 aliphatic heterocycles. The van der Waals surface area contributed by atoms with Crippen LogP contribution in [0.2, 0.25) is 0 Å². The van der Waals surface area contributed by atoms with Crippen LogP contribution in [-0.4, -0.2) is 16.1 Å². The van der Waals surface area contributed by atoms with Crippen LogP contribution in [0.5, 0.6) is 0 Å². The van der Waals surface area contributed by atoms with Gasteiger partial charge in [-0.15, -0.1) is 0 Å². The average Bonchev–Trinajstić information content (AvgIpc) is 2.86. The van der Waals surface area contributed by atoms with Gasteiger partial charge in [0.25, 0.3) is 0 Å². The highest BCUT2D eigenvalue weighted by Gasteiger charge is 2.14. The molecule has 0 fully saturated rings. The molecule has 0 bridgehead atoms. The monoisotopic (exact) mass is 227 g/mol. The van der Waals surface area contributed by atoms with Crippen molar-refractivity contribution in [1.29, 1.82) is 0 Å². The van der Waals surface area contributed by atoms with Crippen molar-refractivity contribution in [3.05, 3.63) is 47.5 Å². The highest BCUT2D eigenvalue weighted by Crippen LogP contribution is 2.23. The van der Waals surface area contributed by atoms with Crippen molar-refractivity contribution in [3.8, 4) is 5.69 Å². The second-order valence-electron chi connectivity index (χ2n) is 4.45. The standard InChI is InChI=1S/C14H17N3/c1-2-12-9-16-10-17(12)14-5-3-4-11-8-15-7-6-13(11)14/h3-5,9-10,15H,2,6-8H2,1H3. The first kappa shape index (κ1) is 10.5. The minimum Gasteiger partial charge on any atom is -0.312 e. The molecule has 17 heavy (non-hydrogen) atoms. The molecule has 2 aromatic rings. The minimum absolute atomic E-state index is 0.985. The van der Waals surface area contributed by atoms with E-state index in [0.29, 0.717) is 0 Å². The number of imidazole rings is 1. The molecule has 3 heteroatoms. The van der Waals surface area contributed by atoms with Crippen molar-refractivity contribution in [2.75, 3.05) is 6.54 Å². The molecule has 0 radical (unpaired) electrons. The Bertz CT molecular complexity index is 528. The number of nitrogens with one attached hydrogen (secondary N) is 1. The Morgan fingerprint density at radius 3 is 3.24 bits per heavy atom. The van der Waals surface area contributed by atoms with E-state index in [2.05, 4.69) is 40.0 Å². The zero-order valence-electron chi connectivity index (χ0n) is 10.1. The molecule has 1 aliphatic rings. The molecule has 1 aromatic carbocycles. The molecule has 0 saturated heterocycles. The molecular weight excluding hydrogens is 210 g/mol. The van der Waals surface area contributed by atoms with Gasteiger partial charge in [-0.3, -0.25) is 0 Å². The zero-order valence-corrected chi connectivity index (χ0v) is 10.1. The third-order valence-corrected chi connectivity index (χ3v) is 3.45. The first-order chi connectivity index (χ1) is 8.40. The van der Waals surface area contributed by atoms with Crippen LogP contribution in [0, 0.1) is 0 Å². The summed E-state index contributed by atoms with van der Waals surface area (Å²) in [5, 5.41) is 3.42. The van der Waals surface area contributed by atoms with Gasteiger partial charge in [0.2, 0.25) is 0 Å². The van der Waals surface area contributed by atoms with Crippen molar-refractivity contribution in [2.24, 2.45) is 0 Å². The van der Waals surface area contributed by atoms with E-state index in [0.717, 1.165) is 25.9 Å². The fraction of sp³-hybridized carbons (Fsp3) is 0.357. The first-order valence-corrected chi connectivity index (χ1v) is 6.23. The summed E-state index contributed by atoms with van der Waals surface area (Å²) in [7, 11) is 0. The van der Waals surface area contributed by atoms with Gasteiger partial charge in [0, 0.05) is 18.4 Å². The summed E-state index contributed by atoms with van der Waals surface area (Å²) in [6, 6.07) is 6.55. The smallest absolute Gasteiger partial charge is 0.0994 e. The molecule has 0 amide bonds. The third kappa shape index (κ3) is 1.76. The number of aryl methyl sites for hydroxylation is 1. The number of hydrogen-bond donors (Lipinski definition) is 1. The quantitative estimate of drug-likeness (QED) is 0.851. The summed E-state index contributed by atoms with van der Waals surface area (Å²) in [6.07, 6.45) is 6.01. The SMILES string of the molecule is CCc1cncn1-c1cccc2c1CCNC2. The average molecular weight is 227 g/mol. The highest BCUT2D eigenvalue weighted by molar-refractivity contribution is 5.48. The number of benzene rings is 1. The van der Waals surface area contributed by atoms with Crippen LogP contribution < -0.4 is 5.32 Å². The van der Waals surface area contributed by atoms with Gasteiger partial charge < -0.3 is 9.88 Å². The van der Waals surface area contributed by atoms with E-state index in [1.54, 1.807) is 0 Å². The van der Waals surface area contributed by atoms with Gasteiger partial charge in [0.1, 0.15) is 0 Å². The summed E-state index contributed by atoms with van der Waals surface area (Å²) in [4.78, 5) is 4.27. The molecule has 3 rings (SSSR count). The summed E-state index contributed by atoms with van der Waals surface area (Å²) >= 11 is 0. The van der Waals surface area contributed by atoms with Crippen LogP contribution in [0.25, 0.3) is 5.69 Å². The molecule has 3 nitrogen and oxygen atoms in total. The second kappa shape index (κ2) is 4.34. The molecule has 0 aliphatic carbocycles. The van der Waals surface area contributed by atoms with Gasteiger partial charge in [0.05, 0.1) is 12.0 Å². The van der Waals surface area contributed by atoms with Gasteiger partial charge >= 0.3 is 0 Å². The Morgan fingerprint density at radius 1 is 1.41 bits per heavy atom. The molecule has 1 N–H and O–H groups in total. The summed E-state index contributed by atoms with van der Waals surface area (Å²) in [5.41, 5.74) is 5.47. The maximum atomic E-state index is 4.27. The van der Waals surface area contributed by atoms with Crippen LogP contribution in [-0.2, 0) is 19.4 Å². The fourth-order valence-corrected chi connectivity index (χ4v) is 2.54. The Morgan fingerprint density at radius 2 is 2.35 bits per heavy atom. The van der Waals surface area contributed by atoms with Gasteiger partial charge in [-0.25, -0.2) is 4.98 Å². The van der Waals surface area contributed by atoms with Crippen molar-refractivity contribution < 1.29 is 0 Å². The molecule has 0 atom stereocenters. The molecule has 0 spiro atoms. The van der Waals surface area contributed by atoms with Crippen LogP contribution in [0.15, 0.2) is 30.7 Å². The largest absolute Gasteiger partial charge is 0.312 e. The van der Waals surface area contributed by atoms with Crippen LogP contribution in [0.1, 0.15) is 23.7 Å². The highest BCUT2D eigenvalue weighted by atomic mass is 15.1. The molecular formula is C14H17N3. The number of hydrogen-bond acceptors (Lipinski definition) is 2. The van der Waals surface area contributed by atoms with Crippen molar-refractivity contribution in [1.82, 2.24) is 14.9 Å². The van der Waals surface area contributed by atoms with Gasteiger partial charge in [-0.1, -0.05) is 19.1 Å². The minimum atomic E-state index is 0.985. The Balaban J connectivity index is 2.14. The lowest BCUT2D eigenvalue weighted by molar-refractivity contribution is 0.640. The summed E-state index contributed by atoms with van der Waals surface area (Å²) < 4.78 is 2.23. The van der Waals surface area contributed by atoms with Crippen LogP contribution in [0.3, 0.4) is 0 Å². The third-order valence-electron chi connectivity index (χ3n) is 3.45. The maximum absolute atomic E-state index is 4.27.